The molecule has 2 aromatic heterocycles. The Bertz CT molecular complexity index is 529. The van der Waals surface area contributed by atoms with E-state index in [1.807, 2.05) is 12.1 Å². The fourth-order valence-electron chi connectivity index (χ4n) is 2.02. The molecule has 0 spiro atoms. The molecule has 0 saturated heterocycles. The van der Waals surface area contributed by atoms with E-state index in [0.29, 0.717) is 18.7 Å². The van der Waals surface area contributed by atoms with Gasteiger partial charge < -0.3 is 4.90 Å². The number of amides is 1. The Balaban J connectivity index is 1.84. The van der Waals surface area contributed by atoms with Crippen LogP contribution in [0, 0.1) is 0 Å². The first kappa shape index (κ1) is 9.96. The molecule has 0 bridgehead atoms. The summed E-state index contributed by atoms with van der Waals surface area (Å²) >= 11 is 0. The zero-order valence-corrected chi connectivity index (χ0v) is 9.21. The smallest absolute Gasteiger partial charge is 0.256 e. The molecule has 4 nitrogen and oxygen atoms in total. The summed E-state index contributed by atoms with van der Waals surface area (Å²) in [7, 11) is 0. The number of hydrogen-bond acceptors (Lipinski definition) is 3. The third-order valence-electron chi connectivity index (χ3n) is 2.88. The zero-order chi connectivity index (χ0) is 11.7. The van der Waals surface area contributed by atoms with Crippen LogP contribution in [0.2, 0.25) is 0 Å². The highest BCUT2D eigenvalue weighted by molar-refractivity contribution is 5.94. The highest BCUT2D eigenvalue weighted by atomic mass is 16.2. The quantitative estimate of drug-likeness (QED) is 0.741. The molecule has 0 saturated carbocycles. The molecule has 1 aliphatic heterocycles. The lowest BCUT2D eigenvalue weighted by atomic mass is 10.2. The van der Waals surface area contributed by atoms with E-state index in [0.717, 1.165) is 11.3 Å². The summed E-state index contributed by atoms with van der Waals surface area (Å²) in [6, 6.07) is 7.47. The highest BCUT2D eigenvalue weighted by Gasteiger charge is 2.24. The first-order chi connectivity index (χ1) is 8.34. The molecule has 3 heterocycles. The second kappa shape index (κ2) is 3.97. The minimum absolute atomic E-state index is 0.0103. The van der Waals surface area contributed by atoms with Crippen LogP contribution in [0.15, 0.2) is 42.9 Å². The molecule has 0 aromatic carbocycles. The Labute approximate surface area is 98.9 Å². The van der Waals surface area contributed by atoms with Crippen LogP contribution in [0.4, 0.5) is 0 Å². The lowest BCUT2D eigenvalue weighted by molar-refractivity contribution is 0.0750. The van der Waals surface area contributed by atoms with Gasteiger partial charge in [-0.2, -0.15) is 0 Å². The molecule has 0 aliphatic carbocycles. The van der Waals surface area contributed by atoms with Crippen molar-refractivity contribution in [3.8, 4) is 0 Å². The predicted molar refractivity (Wildman–Crippen MR) is 62.1 cm³/mol. The zero-order valence-electron chi connectivity index (χ0n) is 9.21. The van der Waals surface area contributed by atoms with Gasteiger partial charge in [0.05, 0.1) is 17.8 Å². The first-order valence-electron chi connectivity index (χ1n) is 5.46. The second-order valence-electron chi connectivity index (χ2n) is 4.01. The number of fused-ring (bicyclic) bond motifs is 1. The second-order valence-corrected chi connectivity index (χ2v) is 4.01. The largest absolute Gasteiger partial charge is 0.328 e. The van der Waals surface area contributed by atoms with Crippen LogP contribution in [-0.2, 0) is 13.1 Å². The predicted octanol–water partition coefficient (Wildman–Crippen LogP) is 1.63. The van der Waals surface area contributed by atoms with Crippen LogP contribution in [0.25, 0.3) is 0 Å². The Hall–Kier alpha value is -2.23. The number of carbonyl (C=O) groups is 1. The van der Waals surface area contributed by atoms with E-state index in [-0.39, 0.29) is 5.91 Å². The summed E-state index contributed by atoms with van der Waals surface area (Å²) in [5.74, 6) is 0.0103. The van der Waals surface area contributed by atoms with E-state index in [2.05, 4.69) is 9.97 Å². The first-order valence-corrected chi connectivity index (χ1v) is 5.46. The molecule has 0 atom stereocenters. The third-order valence-corrected chi connectivity index (χ3v) is 2.88. The number of rotatable bonds is 1. The normalized spacial score (nSPS) is 13.5. The van der Waals surface area contributed by atoms with Crippen LogP contribution < -0.4 is 0 Å². The van der Waals surface area contributed by atoms with E-state index in [4.69, 9.17) is 0 Å². The van der Waals surface area contributed by atoms with Crippen molar-refractivity contribution in [3.63, 3.8) is 0 Å². The molecule has 4 heteroatoms. The monoisotopic (exact) mass is 225 g/mol. The van der Waals surface area contributed by atoms with Crippen LogP contribution >= 0.6 is 0 Å². The van der Waals surface area contributed by atoms with Crippen LogP contribution in [0.3, 0.4) is 0 Å². The van der Waals surface area contributed by atoms with Crippen molar-refractivity contribution in [2.75, 3.05) is 0 Å². The summed E-state index contributed by atoms with van der Waals surface area (Å²) in [6.45, 7) is 1.22. The number of carbonyl (C=O) groups excluding carboxylic acids is 1. The van der Waals surface area contributed by atoms with Crippen LogP contribution in [-0.4, -0.2) is 20.8 Å². The van der Waals surface area contributed by atoms with Gasteiger partial charge in [0.25, 0.3) is 5.91 Å². The molecule has 17 heavy (non-hydrogen) atoms. The maximum Gasteiger partial charge on any atom is 0.256 e. The van der Waals surface area contributed by atoms with Crippen molar-refractivity contribution in [1.82, 2.24) is 14.9 Å². The number of hydrogen-bond donors (Lipinski definition) is 0. The summed E-state index contributed by atoms with van der Waals surface area (Å²) in [4.78, 5) is 22.2. The standard InChI is InChI=1S/C13H11N3O/c17-13(10-3-1-5-14-7-10)16-8-11-4-2-6-15-12(11)9-16/h1-7H,8-9H2. The van der Waals surface area contributed by atoms with E-state index >= 15 is 0 Å². The molecule has 0 fully saturated rings. The molecular weight excluding hydrogens is 214 g/mol. The number of aromatic nitrogens is 2. The maximum absolute atomic E-state index is 12.2. The molecule has 1 amide bonds. The Morgan fingerprint density at radius 2 is 2.06 bits per heavy atom. The molecule has 3 rings (SSSR count). The van der Waals surface area contributed by atoms with Gasteiger partial charge in [0.1, 0.15) is 0 Å². The van der Waals surface area contributed by atoms with Gasteiger partial charge >= 0.3 is 0 Å². The third kappa shape index (κ3) is 1.78. The van der Waals surface area contributed by atoms with Crippen molar-refractivity contribution in [3.05, 3.63) is 59.7 Å². The van der Waals surface area contributed by atoms with Gasteiger partial charge in [0, 0.05) is 25.1 Å². The fourth-order valence-corrected chi connectivity index (χ4v) is 2.02. The molecule has 2 aromatic rings. The molecule has 0 unspecified atom stereocenters. The lowest BCUT2D eigenvalue weighted by Crippen LogP contribution is -2.25. The topological polar surface area (TPSA) is 46.1 Å². The van der Waals surface area contributed by atoms with Gasteiger partial charge in [-0.25, -0.2) is 0 Å². The number of nitrogens with zero attached hydrogens (tertiary/aromatic N) is 3. The summed E-state index contributed by atoms with van der Waals surface area (Å²) in [5, 5.41) is 0. The van der Waals surface area contributed by atoms with Crippen molar-refractivity contribution >= 4 is 5.91 Å². The average Bonchev–Trinajstić information content (AvgIpc) is 2.82. The fraction of sp³-hybridized carbons (Fsp3) is 0.154. The molecule has 1 aliphatic rings. The molecule has 0 N–H and O–H groups in total. The molecule has 0 radical (unpaired) electrons. The van der Waals surface area contributed by atoms with E-state index in [1.54, 1.807) is 35.6 Å². The summed E-state index contributed by atoms with van der Waals surface area (Å²) < 4.78 is 0. The maximum atomic E-state index is 12.2. The van der Waals surface area contributed by atoms with Crippen molar-refractivity contribution < 1.29 is 4.79 Å². The van der Waals surface area contributed by atoms with Crippen LogP contribution in [0.5, 0.6) is 0 Å². The van der Waals surface area contributed by atoms with Crippen molar-refractivity contribution in [2.45, 2.75) is 13.1 Å². The SMILES string of the molecule is O=C(c1cccnc1)N1Cc2cccnc2C1. The lowest BCUT2D eigenvalue weighted by Gasteiger charge is -2.14. The average molecular weight is 225 g/mol. The summed E-state index contributed by atoms with van der Waals surface area (Å²) in [5.41, 5.74) is 2.75. The molecule has 84 valence electrons. The van der Waals surface area contributed by atoms with E-state index in [9.17, 15) is 4.79 Å². The minimum Gasteiger partial charge on any atom is -0.328 e. The minimum atomic E-state index is 0.0103. The van der Waals surface area contributed by atoms with Gasteiger partial charge in [0.15, 0.2) is 0 Å². The van der Waals surface area contributed by atoms with Gasteiger partial charge in [0.2, 0.25) is 0 Å². The summed E-state index contributed by atoms with van der Waals surface area (Å²) in [6.07, 6.45) is 5.02. The van der Waals surface area contributed by atoms with E-state index < -0.39 is 0 Å². The molecular formula is C13H11N3O. The van der Waals surface area contributed by atoms with Gasteiger partial charge in [-0.05, 0) is 23.8 Å². The van der Waals surface area contributed by atoms with Gasteiger partial charge in [-0.3, -0.25) is 14.8 Å². The van der Waals surface area contributed by atoms with Gasteiger partial charge in [-0.15, -0.1) is 0 Å². The Morgan fingerprint density at radius 3 is 2.82 bits per heavy atom. The Morgan fingerprint density at radius 1 is 1.18 bits per heavy atom. The van der Waals surface area contributed by atoms with Gasteiger partial charge in [-0.1, -0.05) is 6.07 Å². The van der Waals surface area contributed by atoms with Crippen LogP contribution in [0.1, 0.15) is 21.6 Å². The van der Waals surface area contributed by atoms with Crippen molar-refractivity contribution in [1.29, 1.82) is 0 Å². The van der Waals surface area contributed by atoms with Crippen molar-refractivity contribution in [2.24, 2.45) is 0 Å². The highest BCUT2D eigenvalue weighted by Crippen LogP contribution is 2.21. The van der Waals surface area contributed by atoms with E-state index in [1.165, 1.54) is 0 Å². The number of pyridine rings is 2. The Kier molecular flexibility index (Phi) is 2.33.